The second-order valence-corrected chi connectivity index (χ2v) is 5.06. The van der Waals surface area contributed by atoms with Crippen LogP contribution < -0.4 is 5.32 Å². The number of carbonyl (C=O) groups excluding carboxylic acids is 1. The summed E-state index contributed by atoms with van der Waals surface area (Å²) in [6.07, 6.45) is 5.72. The van der Waals surface area contributed by atoms with E-state index in [4.69, 9.17) is 4.42 Å². The summed E-state index contributed by atoms with van der Waals surface area (Å²) < 4.78 is 5.25. The molecule has 2 rings (SSSR count). The number of rotatable bonds is 5. The summed E-state index contributed by atoms with van der Waals surface area (Å²) in [6, 6.07) is 3.75. The maximum atomic E-state index is 12.0. The van der Waals surface area contributed by atoms with E-state index in [1.807, 2.05) is 19.2 Å². The highest BCUT2D eigenvalue weighted by Crippen LogP contribution is 2.18. The van der Waals surface area contributed by atoms with E-state index in [0.29, 0.717) is 18.9 Å². The normalized spacial score (nSPS) is 15.8. The molecule has 1 aliphatic heterocycles. The van der Waals surface area contributed by atoms with Gasteiger partial charge in [0, 0.05) is 13.5 Å². The number of hydrogen-bond acceptors (Lipinski definition) is 3. The Kier molecular flexibility index (Phi) is 6.95. The molecule has 1 aliphatic rings. The molecular weight excluding hydrogens is 264 g/mol. The molecule has 108 valence electrons. The Morgan fingerprint density at radius 2 is 2.21 bits per heavy atom. The minimum Gasteiger partial charge on any atom is -0.467 e. The van der Waals surface area contributed by atoms with Gasteiger partial charge in [0.05, 0.1) is 12.8 Å². The third kappa shape index (κ3) is 5.25. The Bertz CT molecular complexity index is 362. The number of piperidine rings is 1. The van der Waals surface area contributed by atoms with E-state index in [1.54, 1.807) is 11.2 Å². The lowest BCUT2D eigenvalue weighted by atomic mass is 9.93. The van der Waals surface area contributed by atoms with E-state index in [-0.39, 0.29) is 18.3 Å². The first-order chi connectivity index (χ1) is 8.75. The lowest BCUT2D eigenvalue weighted by Gasteiger charge is -2.23. The van der Waals surface area contributed by atoms with Crippen molar-refractivity contribution < 1.29 is 9.21 Å². The lowest BCUT2D eigenvalue weighted by Crippen LogP contribution is -2.30. The molecule has 19 heavy (non-hydrogen) atoms. The second kappa shape index (κ2) is 8.23. The number of hydrogen-bond donors (Lipinski definition) is 1. The maximum absolute atomic E-state index is 12.0. The zero-order chi connectivity index (χ0) is 12.8. The summed E-state index contributed by atoms with van der Waals surface area (Å²) in [4.78, 5) is 13.7. The van der Waals surface area contributed by atoms with E-state index in [2.05, 4.69) is 5.32 Å². The molecule has 1 N–H and O–H groups in total. The first kappa shape index (κ1) is 16.1. The Hall–Kier alpha value is -1.00. The molecule has 0 bridgehead atoms. The first-order valence-corrected chi connectivity index (χ1v) is 6.73. The van der Waals surface area contributed by atoms with Crippen molar-refractivity contribution in [1.82, 2.24) is 10.2 Å². The average molecular weight is 287 g/mol. The van der Waals surface area contributed by atoms with Gasteiger partial charge in [0.1, 0.15) is 5.76 Å². The lowest BCUT2D eigenvalue weighted by molar-refractivity contribution is -0.131. The van der Waals surface area contributed by atoms with Gasteiger partial charge in [-0.2, -0.15) is 0 Å². The molecule has 0 spiro atoms. The highest BCUT2D eigenvalue weighted by atomic mass is 35.5. The molecule has 0 aliphatic carbocycles. The fraction of sp³-hybridized carbons (Fsp3) is 0.643. The van der Waals surface area contributed by atoms with Crippen LogP contribution in [0.15, 0.2) is 22.8 Å². The van der Waals surface area contributed by atoms with E-state index < -0.39 is 0 Å². The van der Waals surface area contributed by atoms with E-state index in [1.165, 1.54) is 12.8 Å². The van der Waals surface area contributed by atoms with Gasteiger partial charge >= 0.3 is 0 Å². The average Bonchev–Trinajstić information content (AvgIpc) is 2.90. The predicted octanol–water partition coefficient (Wildman–Crippen LogP) is 2.44. The molecule has 5 heteroatoms. The van der Waals surface area contributed by atoms with Crippen molar-refractivity contribution >= 4 is 18.3 Å². The number of furan rings is 1. The van der Waals surface area contributed by atoms with Crippen LogP contribution in [-0.2, 0) is 11.3 Å². The van der Waals surface area contributed by atoms with Crippen molar-refractivity contribution in [3.05, 3.63) is 24.2 Å². The Morgan fingerprint density at radius 3 is 2.84 bits per heavy atom. The smallest absolute Gasteiger partial charge is 0.222 e. The molecule has 1 amide bonds. The molecule has 0 unspecified atom stereocenters. The van der Waals surface area contributed by atoms with Crippen molar-refractivity contribution in [2.45, 2.75) is 32.2 Å². The minimum absolute atomic E-state index is 0. The van der Waals surface area contributed by atoms with Gasteiger partial charge in [-0.05, 0) is 50.4 Å². The van der Waals surface area contributed by atoms with Crippen LogP contribution in [0.4, 0.5) is 0 Å². The van der Waals surface area contributed by atoms with Gasteiger partial charge in [-0.3, -0.25) is 4.79 Å². The monoisotopic (exact) mass is 286 g/mol. The van der Waals surface area contributed by atoms with Crippen LogP contribution >= 0.6 is 12.4 Å². The highest BCUT2D eigenvalue weighted by Gasteiger charge is 2.16. The Labute approximate surface area is 120 Å². The number of nitrogens with one attached hydrogen (secondary N) is 1. The summed E-state index contributed by atoms with van der Waals surface area (Å²) in [5, 5.41) is 3.35. The SMILES string of the molecule is CN(Cc1ccco1)C(=O)CCC1CCNCC1.Cl. The Balaban J connectivity index is 0.00000180. The van der Waals surface area contributed by atoms with Crippen molar-refractivity contribution in [1.29, 1.82) is 0 Å². The van der Waals surface area contributed by atoms with Gasteiger partial charge in [0.15, 0.2) is 0 Å². The summed E-state index contributed by atoms with van der Waals surface area (Å²) in [5.74, 6) is 1.77. The zero-order valence-electron chi connectivity index (χ0n) is 11.4. The predicted molar refractivity (Wildman–Crippen MR) is 77.3 cm³/mol. The van der Waals surface area contributed by atoms with Gasteiger partial charge in [-0.25, -0.2) is 0 Å². The number of nitrogens with zero attached hydrogens (tertiary/aromatic N) is 1. The van der Waals surface area contributed by atoms with Gasteiger partial charge in [-0.1, -0.05) is 0 Å². The second-order valence-electron chi connectivity index (χ2n) is 5.06. The molecule has 0 aromatic carbocycles. The maximum Gasteiger partial charge on any atom is 0.222 e. The molecule has 1 aromatic heterocycles. The first-order valence-electron chi connectivity index (χ1n) is 6.73. The summed E-state index contributed by atoms with van der Waals surface area (Å²) >= 11 is 0. The standard InChI is InChI=1S/C14H22N2O2.ClH/c1-16(11-13-3-2-10-18-13)14(17)5-4-12-6-8-15-9-7-12;/h2-3,10,12,15H,4-9,11H2,1H3;1H. The summed E-state index contributed by atoms with van der Waals surface area (Å²) in [6.45, 7) is 2.76. The third-order valence-electron chi connectivity index (χ3n) is 3.62. The zero-order valence-corrected chi connectivity index (χ0v) is 12.2. The van der Waals surface area contributed by atoms with Crippen molar-refractivity contribution in [2.24, 2.45) is 5.92 Å². The number of carbonyl (C=O) groups is 1. The molecule has 0 atom stereocenters. The van der Waals surface area contributed by atoms with E-state index >= 15 is 0 Å². The fourth-order valence-electron chi connectivity index (χ4n) is 2.41. The van der Waals surface area contributed by atoms with Gasteiger partial charge in [0.25, 0.3) is 0 Å². The van der Waals surface area contributed by atoms with Crippen LogP contribution in [0.2, 0.25) is 0 Å². The van der Waals surface area contributed by atoms with Gasteiger partial charge in [-0.15, -0.1) is 12.4 Å². The fourth-order valence-corrected chi connectivity index (χ4v) is 2.41. The van der Waals surface area contributed by atoms with Crippen LogP contribution in [-0.4, -0.2) is 30.9 Å². The quantitative estimate of drug-likeness (QED) is 0.904. The van der Waals surface area contributed by atoms with Crippen LogP contribution in [0.3, 0.4) is 0 Å². The summed E-state index contributed by atoms with van der Waals surface area (Å²) in [5.41, 5.74) is 0. The van der Waals surface area contributed by atoms with Gasteiger partial charge in [0.2, 0.25) is 5.91 Å². The Morgan fingerprint density at radius 1 is 1.47 bits per heavy atom. The number of amides is 1. The molecule has 1 fully saturated rings. The largest absolute Gasteiger partial charge is 0.467 e. The van der Waals surface area contributed by atoms with Crippen molar-refractivity contribution in [3.8, 4) is 0 Å². The van der Waals surface area contributed by atoms with Gasteiger partial charge < -0.3 is 14.6 Å². The van der Waals surface area contributed by atoms with Crippen LogP contribution in [0.25, 0.3) is 0 Å². The van der Waals surface area contributed by atoms with Crippen LogP contribution in [0.5, 0.6) is 0 Å². The van der Waals surface area contributed by atoms with Crippen LogP contribution in [0, 0.1) is 5.92 Å². The van der Waals surface area contributed by atoms with E-state index in [0.717, 1.165) is 25.3 Å². The minimum atomic E-state index is 0. The topological polar surface area (TPSA) is 45.5 Å². The number of halogens is 1. The molecular formula is C14H23ClN2O2. The van der Waals surface area contributed by atoms with E-state index in [9.17, 15) is 4.79 Å². The molecule has 0 radical (unpaired) electrons. The van der Waals surface area contributed by atoms with Crippen molar-refractivity contribution in [3.63, 3.8) is 0 Å². The van der Waals surface area contributed by atoms with Crippen LogP contribution in [0.1, 0.15) is 31.4 Å². The molecule has 1 saturated heterocycles. The third-order valence-corrected chi connectivity index (χ3v) is 3.62. The van der Waals surface area contributed by atoms with Crippen molar-refractivity contribution in [2.75, 3.05) is 20.1 Å². The molecule has 0 saturated carbocycles. The highest BCUT2D eigenvalue weighted by molar-refractivity contribution is 5.85. The molecule has 2 heterocycles. The molecule has 1 aromatic rings. The molecule has 4 nitrogen and oxygen atoms in total. The summed E-state index contributed by atoms with van der Waals surface area (Å²) in [7, 11) is 1.84.